The summed E-state index contributed by atoms with van der Waals surface area (Å²) in [5.74, 6) is -1.29. The van der Waals surface area contributed by atoms with Crippen LogP contribution in [0.3, 0.4) is 0 Å². The molecule has 0 spiro atoms. The smallest absolute Gasteiger partial charge is 0.239 e. The Morgan fingerprint density at radius 3 is 2.10 bits per heavy atom. The Kier molecular flexibility index (Phi) is 10.3. The molecule has 1 rings (SSSR count). The minimum atomic E-state index is -1.30. The van der Waals surface area contributed by atoms with Crippen LogP contribution in [0.5, 0.6) is 0 Å². The van der Waals surface area contributed by atoms with Crippen LogP contribution >= 0.6 is 0 Å². The molecule has 1 aromatic rings. The van der Waals surface area contributed by atoms with Gasteiger partial charge in [-0.25, -0.2) is 0 Å². The molecule has 0 aliphatic heterocycles. The van der Waals surface area contributed by atoms with Crippen molar-refractivity contribution in [2.45, 2.75) is 52.2 Å². The van der Waals surface area contributed by atoms with Gasteiger partial charge in [0.2, 0.25) is 24.1 Å². The monoisotopic (exact) mass is 408 g/mol. The first-order valence-electron chi connectivity index (χ1n) is 9.51. The Morgan fingerprint density at radius 1 is 0.966 bits per heavy atom. The van der Waals surface area contributed by atoms with E-state index >= 15 is 0 Å². The molecule has 1 aromatic carbocycles. The summed E-state index contributed by atoms with van der Waals surface area (Å²) in [6.07, 6.45) is -0.606. The van der Waals surface area contributed by atoms with Crippen LogP contribution in [0.4, 0.5) is 0 Å². The Morgan fingerprint density at radius 2 is 1.52 bits per heavy atom. The Labute approximate surface area is 171 Å². The van der Waals surface area contributed by atoms with Crippen LogP contribution in [0, 0.1) is 0 Å². The summed E-state index contributed by atoms with van der Waals surface area (Å²) in [5.41, 5.74) is 0.542. The van der Waals surface area contributed by atoms with Gasteiger partial charge in [0.15, 0.2) is 0 Å². The minimum Gasteiger partial charge on any atom is -0.356 e. The fourth-order valence-corrected chi connectivity index (χ4v) is 2.38. The molecule has 9 nitrogen and oxygen atoms in total. The number of carbonyl (C=O) groups is 3. The summed E-state index contributed by atoms with van der Waals surface area (Å²) in [6.45, 7) is 6.51. The average Bonchev–Trinajstić information content (AvgIpc) is 2.62. The number of nitrogens with one attached hydrogen (secondary N) is 4. The van der Waals surface area contributed by atoms with Gasteiger partial charge in [-0.05, 0) is 39.7 Å². The van der Waals surface area contributed by atoms with Crippen molar-refractivity contribution in [3.8, 4) is 0 Å². The highest BCUT2D eigenvalue weighted by atomic mass is 16.6. The van der Waals surface area contributed by atoms with Gasteiger partial charge >= 0.3 is 0 Å². The predicted octanol–water partition coefficient (Wildman–Crippen LogP) is -0.353. The molecular formula is C20H32N4O5. The second-order valence-electron chi connectivity index (χ2n) is 7.68. The summed E-state index contributed by atoms with van der Waals surface area (Å²) < 4.78 is 5.19. The van der Waals surface area contributed by atoms with Crippen molar-refractivity contribution in [2.75, 3.05) is 19.6 Å². The summed E-state index contributed by atoms with van der Waals surface area (Å²) in [7, 11) is 0. The first-order valence-corrected chi connectivity index (χ1v) is 9.51. The topological polar surface area (TPSA) is 129 Å². The number of carbonyl (C=O) groups excluding carboxylic acids is 3. The van der Waals surface area contributed by atoms with E-state index in [2.05, 4.69) is 21.3 Å². The molecule has 0 aliphatic rings. The highest BCUT2D eigenvalue weighted by molar-refractivity contribution is 5.88. The molecule has 9 heteroatoms. The lowest BCUT2D eigenvalue weighted by atomic mass is 10.1. The van der Waals surface area contributed by atoms with E-state index in [0.29, 0.717) is 6.42 Å². The normalized spacial score (nSPS) is 13.3. The summed E-state index contributed by atoms with van der Waals surface area (Å²) >= 11 is 0. The molecular weight excluding hydrogens is 376 g/mol. The molecule has 0 saturated carbocycles. The van der Waals surface area contributed by atoms with Crippen molar-refractivity contribution < 1.29 is 24.2 Å². The first-order chi connectivity index (χ1) is 13.5. The van der Waals surface area contributed by atoms with E-state index in [4.69, 9.17) is 4.74 Å². The molecule has 1 unspecified atom stereocenters. The molecule has 0 radical (unpaired) electrons. The van der Waals surface area contributed by atoms with Gasteiger partial charge in [0.05, 0.1) is 25.2 Å². The molecule has 0 fully saturated rings. The van der Waals surface area contributed by atoms with Crippen LogP contribution in [0.15, 0.2) is 30.3 Å². The Bertz CT molecular complexity index is 661. The lowest BCUT2D eigenvalue weighted by Crippen LogP contribution is -2.47. The average molecular weight is 408 g/mol. The summed E-state index contributed by atoms with van der Waals surface area (Å²) in [5, 5.41) is 19.7. The summed E-state index contributed by atoms with van der Waals surface area (Å²) in [6, 6.07) is 9.69. The van der Waals surface area contributed by atoms with Crippen molar-refractivity contribution in [1.82, 2.24) is 21.3 Å². The van der Waals surface area contributed by atoms with Crippen molar-refractivity contribution in [3.05, 3.63) is 35.9 Å². The zero-order valence-corrected chi connectivity index (χ0v) is 17.5. The molecule has 3 amide bonds. The van der Waals surface area contributed by atoms with Crippen molar-refractivity contribution >= 4 is 17.7 Å². The number of ether oxygens (including phenoxy) is 1. The molecule has 0 aliphatic carbocycles. The van der Waals surface area contributed by atoms with Gasteiger partial charge in [-0.2, -0.15) is 0 Å². The highest BCUT2D eigenvalue weighted by Crippen LogP contribution is 2.07. The highest BCUT2D eigenvalue weighted by Gasteiger charge is 2.17. The van der Waals surface area contributed by atoms with Gasteiger partial charge in [0, 0.05) is 6.04 Å². The Balaban J connectivity index is 2.17. The second-order valence-corrected chi connectivity index (χ2v) is 7.68. The van der Waals surface area contributed by atoms with E-state index in [9.17, 15) is 19.5 Å². The van der Waals surface area contributed by atoms with Crippen LogP contribution in [0.1, 0.15) is 33.3 Å². The molecule has 162 valence electrons. The third-order valence-electron chi connectivity index (χ3n) is 3.59. The van der Waals surface area contributed by atoms with Crippen LogP contribution in [-0.4, -0.2) is 60.5 Å². The number of amides is 3. The van der Waals surface area contributed by atoms with Crippen LogP contribution in [0.25, 0.3) is 0 Å². The number of aliphatic hydroxyl groups is 1. The van der Waals surface area contributed by atoms with E-state index in [1.54, 1.807) is 20.8 Å². The predicted molar refractivity (Wildman–Crippen MR) is 109 cm³/mol. The quantitative estimate of drug-likeness (QED) is 0.318. The van der Waals surface area contributed by atoms with Crippen LogP contribution in [-0.2, 0) is 25.5 Å². The largest absolute Gasteiger partial charge is 0.356 e. The van der Waals surface area contributed by atoms with E-state index in [1.807, 2.05) is 37.3 Å². The van der Waals surface area contributed by atoms with Crippen LogP contribution < -0.4 is 21.3 Å². The van der Waals surface area contributed by atoms with Gasteiger partial charge in [0.1, 0.15) is 0 Å². The zero-order chi connectivity index (χ0) is 21.9. The third kappa shape index (κ3) is 12.6. The molecule has 2 atom stereocenters. The fraction of sp³-hybridized carbons (Fsp3) is 0.550. The van der Waals surface area contributed by atoms with Gasteiger partial charge < -0.3 is 25.8 Å². The molecule has 0 saturated heterocycles. The first kappa shape index (κ1) is 24.5. The van der Waals surface area contributed by atoms with E-state index in [1.165, 1.54) is 0 Å². The maximum atomic E-state index is 11.9. The number of aliphatic hydroxyl groups excluding tert-OH is 1. The van der Waals surface area contributed by atoms with Crippen molar-refractivity contribution in [1.29, 1.82) is 0 Å². The molecule has 0 aromatic heterocycles. The zero-order valence-electron chi connectivity index (χ0n) is 17.5. The molecule has 0 heterocycles. The number of rotatable bonds is 11. The van der Waals surface area contributed by atoms with Crippen LogP contribution in [0.2, 0.25) is 0 Å². The van der Waals surface area contributed by atoms with Gasteiger partial charge in [-0.1, -0.05) is 30.3 Å². The van der Waals surface area contributed by atoms with Crippen molar-refractivity contribution in [2.24, 2.45) is 0 Å². The SMILES string of the molecule is C[C@@H](Cc1ccccc1)NC(=O)CNC(=O)CNC(=O)CNC(O)OC(C)(C)C. The van der Waals surface area contributed by atoms with Gasteiger partial charge in [-0.15, -0.1) is 0 Å². The lowest BCUT2D eigenvalue weighted by Gasteiger charge is -2.24. The van der Waals surface area contributed by atoms with E-state index < -0.39 is 23.8 Å². The maximum absolute atomic E-state index is 11.9. The maximum Gasteiger partial charge on any atom is 0.239 e. The number of hydrogen-bond donors (Lipinski definition) is 5. The molecule has 0 bridgehead atoms. The number of hydrogen-bond acceptors (Lipinski definition) is 6. The van der Waals surface area contributed by atoms with Gasteiger partial charge in [0.25, 0.3) is 0 Å². The molecule has 5 N–H and O–H groups in total. The standard InChI is InChI=1S/C20H32N4O5/c1-14(10-15-8-6-5-7-9-15)24-18(27)13-22-16(25)11-21-17(26)12-23-19(28)29-20(2,3)4/h5-9,14,19,23,28H,10-13H2,1-4H3,(H,21,26)(H,22,25)(H,24,27)/t14-,19?/m0/s1. The van der Waals surface area contributed by atoms with E-state index in [0.717, 1.165) is 5.56 Å². The second kappa shape index (κ2) is 12.2. The Hall–Kier alpha value is -2.49. The minimum absolute atomic E-state index is 0.0747. The number of benzene rings is 1. The molecule has 29 heavy (non-hydrogen) atoms. The third-order valence-corrected chi connectivity index (χ3v) is 3.59. The summed E-state index contributed by atoms with van der Waals surface area (Å²) in [4.78, 5) is 35.3. The van der Waals surface area contributed by atoms with E-state index in [-0.39, 0.29) is 31.6 Å². The van der Waals surface area contributed by atoms with Gasteiger partial charge in [-0.3, -0.25) is 19.7 Å². The fourth-order valence-electron chi connectivity index (χ4n) is 2.38. The van der Waals surface area contributed by atoms with Crippen molar-refractivity contribution in [3.63, 3.8) is 0 Å². The lowest BCUT2D eigenvalue weighted by molar-refractivity contribution is -0.182.